The minimum absolute atomic E-state index is 0. The minimum Gasteiger partial charge on any atom is -0.381 e. The van der Waals surface area contributed by atoms with E-state index in [-0.39, 0.29) is 18.4 Å². The third kappa shape index (κ3) is 3.12. The van der Waals surface area contributed by atoms with Crippen molar-refractivity contribution in [3.05, 3.63) is 12.2 Å². The van der Waals surface area contributed by atoms with Gasteiger partial charge < -0.3 is 9.47 Å². The lowest BCUT2D eigenvalue weighted by Gasteiger charge is -2.73. The van der Waals surface area contributed by atoms with Crippen molar-refractivity contribution in [3.63, 3.8) is 0 Å². The van der Waals surface area contributed by atoms with Gasteiger partial charge in [0.25, 0.3) is 0 Å². The molecule has 34 heavy (non-hydrogen) atoms. The molecule has 0 amide bonds. The molecular weight excluding hydrogens is 416 g/mol. The van der Waals surface area contributed by atoms with Gasteiger partial charge in [0.1, 0.15) is 0 Å². The van der Waals surface area contributed by atoms with Crippen molar-refractivity contribution < 1.29 is 9.47 Å². The lowest BCUT2D eigenvalue weighted by Crippen LogP contribution is -2.67. The van der Waals surface area contributed by atoms with E-state index in [1.54, 1.807) is 0 Å². The van der Waals surface area contributed by atoms with E-state index in [1.807, 2.05) is 14.2 Å². The molecule has 10 atom stereocenters. The first kappa shape index (κ1) is 26.7. The van der Waals surface area contributed by atoms with E-state index in [4.69, 9.17) is 9.47 Å². The normalized spacial score (nSPS) is 53.5. The maximum atomic E-state index is 6.45. The van der Waals surface area contributed by atoms with Crippen LogP contribution in [-0.4, -0.2) is 25.9 Å². The molecular formula is C32H56O2. The van der Waals surface area contributed by atoms with E-state index in [0.29, 0.717) is 34.2 Å². The molecule has 5 aliphatic carbocycles. The van der Waals surface area contributed by atoms with Crippen LogP contribution in [0.5, 0.6) is 0 Å². The minimum atomic E-state index is 0. The Kier molecular flexibility index (Phi) is 6.55. The first-order valence-corrected chi connectivity index (χ1v) is 14.1. The number of fused-ring (bicyclic) bond motifs is 7. The van der Waals surface area contributed by atoms with Gasteiger partial charge >= 0.3 is 0 Å². The Bertz CT molecular complexity index is 801. The lowest BCUT2D eigenvalue weighted by atomic mass is 9.33. The molecule has 5 saturated carbocycles. The molecule has 0 aromatic heterocycles. The van der Waals surface area contributed by atoms with E-state index in [1.165, 1.54) is 69.8 Å². The van der Waals surface area contributed by atoms with E-state index < -0.39 is 0 Å². The van der Waals surface area contributed by atoms with Gasteiger partial charge in [-0.25, -0.2) is 0 Å². The Morgan fingerprint density at radius 1 is 0.765 bits per heavy atom. The SMILES string of the molecule is C.C=C(C)[C@@H]1CC[C@]2(OC)CC[C@]3(C)[C@H](CCC4[C@@]5(C)CC[C@H](OC)C(C)(C)[C@@H]5CC[C@]43C)[C@@H]12. The summed E-state index contributed by atoms with van der Waals surface area (Å²) in [5.74, 6) is 3.71. The van der Waals surface area contributed by atoms with Crippen LogP contribution in [-0.2, 0) is 9.47 Å². The quantitative estimate of drug-likeness (QED) is 0.382. The highest BCUT2D eigenvalue weighted by Crippen LogP contribution is 2.76. The Balaban J connectivity index is 0.00000274. The molecule has 5 rings (SSSR count). The van der Waals surface area contributed by atoms with Crippen LogP contribution in [0.2, 0.25) is 0 Å². The van der Waals surface area contributed by atoms with Crippen molar-refractivity contribution in [3.8, 4) is 0 Å². The van der Waals surface area contributed by atoms with Crippen LogP contribution in [0.25, 0.3) is 0 Å². The highest BCUT2D eigenvalue weighted by Gasteiger charge is 2.71. The van der Waals surface area contributed by atoms with Crippen LogP contribution in [0.1, 0.15) is 113 Å². The number of methoxy groups -OCH3 is 2. The number of ether oxygens (including phenoxy) is 2. The van der Waals surface area contributed by atoms with Crippen LogP contribution in [0.15, 0.2) is 12.2 Å². The molecule has 196 valence electrons. The Morgan fingerprint density at radius 2 is 1.47 bits per heavy atom. The number of hydrogen-bond donors (Lipinski definition) is 0. The standard InChI is InChI=1S/C31H52O2.CH4/c1-20(2)21-12-17-31(33-9)19-18-29(6)22(26(21)31)10-11-24-28(5)15-14-25(32-8)27(3,4)23(28)13-16-30(24,29)7;/h21-26H,1,10-19H2,2-9H3;1H4/t21-,22+,23-,24?,25-,26+,28-,29+,30+,31-;/m0./s1. The van der Waals surface area contributed by atoms with Gasteiger partial charge in [0.2, 0.25) is 0 Å². The second kappa shape index (κ2) is 8.34. The van der Waals surface area contributed by atoms with Gasteiger partial charge in [-0.05, 0) is 122 Å². The molecule has 0 radical (unpaired) electrons. The Hall–Kier alpha value is -0.340. The van der Waals surface area contributed by atoms with Crippen molar-refractivity contribution in [1.82, 2.24) is 0 Å². The second-order valence-corrected chi connectivity index (χ2v) is 14.5. The van der Waals surface area contributed by atoms with Gasteiger partial charge in [0, 0.05) is 14.2 Å². The van der Waals surface area contributed by atoms with E-state index in [0.717, 1.165) is 17.8 Å². The summed E-state index contributed by atoms with van der Waals surface area (Å²) in [5.41, 5.74) is 3.08. The molecule has 0 heterocycles. The molecule has 0 saturated heterocycles. The zero-order valence-electron chi connectivity index (χ0n) is 23.1. The fraction of sp³-hybridized carbons (Fsp3) is 0.938. The summed E-state index contributed by atoms with van der Waals surface area (Å²) in [7, 11) is 3.95. The smallest absolute Gasteiger partial charge is 0.0715 e. The van der Waals surface area contributed by atoms with Crippen molar-refractivity contribution in [1.29, 1.82) is 0 Å². The Labute approximate surface area is 212 Å². The van der Waals surface area contributed by atoms with Gasteiger partial charge in [0.05, 0.1) is 11.7 Å². The van der Waals surface area contributed by atoms with Gasteiger partial charge in [-0.3, -0.25) is 0 Å². The molecule has 0 aliphatic heterocycles. The van der Waals surface area contributed by atoms with Gasteiger partial charge in [-0.1, -0.05) is 54.2 Å². The van der Waals surface area contributed by atoms with Crippen molar-refractivity contribution in [2.45, 2.75) is 125 Å². The van der Waals surface area contributed by atoms with Crippen LogP contribution in [0.3, 0.4) is 0 Å². The van der Waals surface area contributed by atoms with Gasteiger partial charge in [0.15, 0.2) is 0 Å². The fourth-order valence-corrected chi connectivity index (χ4v) is 11.8. The van der Waals surface area contributed by atoms with E-state index in [9.17, 15) is 0 Å². The summed E-state index contributed by atoms with van der Waals surface area (Å²) in [6.45, 7) is 20.0. The van der Waals surface area contributed by atoms with Crippen LogP contribution in [0.4, 0.5) is 0 Å². The summed E-state index contributed by atoms with van der Waals surface area (Å²) in [6.07, 6.45) is 13.7. The largest absolute Gasteiger partial charge is 0.381 e. The number of hydrogen-bond acceptors (Lipinski definition) is 2. The highest BCUT2D eigenvalue weighted by molar-refractivity contribution is 5.22. The van der Waals surface area contributed by atoms with Crippen LogP contribution in [0, 0.1) is 51.2 Å². The average molecular weight is 473 g/mol. The Morgan fingerprint density at radius 3 is 2.09 bits per heavy atom. The molecule has 2 nitrogen and oxygen atoms in total. The van der Waals surface area contributed by atoms with Crippen LogP contribution < -0.4 is 0 Å². The molecule has 5 fully saturated rings. The molecule has 1 unspecified atom stereocenters. The third-order valence-corrected chi connectivity index (χ3v) is 13.6. The predicted molar refractivity (Wildman–Crippen MR) is 144 cm³/mol. The average Bonchev–Trinajstić information content (AvgIpc) is 3.14. The zero-order valence-corrected chi connectivity index (χ0v) is 23.1. The van der Waals surface area contributed by atoms with Gasteiger partial charge in [-0.15, -0.1) is 0 Å². The summed E-state index contributed by atoms with van der Waals surface area (Å²) in [5, 5.41) is 0. The maximum Gasteiger partial charge on any atom is 0.0715 e. The highest BCUT2D eigenvalue weighted by atomic mass is 16.5. The molecule has 0 aromatic rings. The molecule has 0 bridgehead atoms. The first-order chi connectivity index (χ1) is 15.4. The molecule has 0 spiro atoms. The second-order valence-electron chi connectivity index (χ2n) is 14.5. The van der Waals surface area contributed by atoms with Crippen molar-refractivity contribution >= 4 is 0 Å². The number of rotatable bonds is 3. The lowest BCUT2D eigenvalue weighted by molar-refractivity contribution is -0.258. The summed E-state index contributed by atoms with van der Waals surface area (Å²) in [4.78, 5) is 0. The topological polar surface area (TPSA) is 18.5 Å². The maximum absolute atomic E-state index is 6.45. The molecule has 2 heteroatoms. The molecule has 0 aromatic carbocycles. The zero-order chi connectivity index (χ0) is 24.0. The monoisotopic (exact) mass is 472 g/mol. The third-order valence-electron chi connectivity index (χ3n) is 13.6. The number of allylic oxidation sites excluding steroid dienone is 1. The summed E-state index contributed by atoms with van der Waals surface area (Å²) >= 11 is 0. The first-order valence-electron chi connectivity index (χ1n) is 14.1. The molecule has 0 N–H and O–H groups in total. The van der Waals surface area contributed by atoms with Gasteiger partial charge in [-0.2, -0.15) is 0 Å². The molecule has 5 aliphatic rings. The van der Waals surface area contributed by atoms with E-state index in [2.05, 4.69) is 48.1 Å². The van der Waals surface area contributed by atoms with Crippen molar-refractivity contribution in [2.24, 2.45) is 51.2 Å². The van der Waals surface area contributed by atoms with Crippen LogP contribution >= 0.6 is 0 Å². The fourth-order valence-electron chi connectivity index (χ4n) is 11.8. The summed E-state index contributed by atoms with van der Waals surface area (Å²) < 4.78 is 12.5. The van der Waals surface area contributed by atoms with Crippen molar-refractivity contribution in [2.75, 3.05) is 14.2 Å². The predicted octanol–water partition coefficient (Wildman–Crippen LogP) is 8.69. The van der Waals surface area contributed by atoms with E-state index >= 15 is 0 Å². The summed E-state index contributed by atoms with van der Waals surface area (Å²) in [6, 6.07) is 0.